The minimum absolute atomic E-state index is 0.00343. The minimum atomic E-state index is -3.76. The number of hydrogen-bond acceptors (Lipinski definition) is 5. The van der Waals surface area contributed by atoms with Crippen LogP contribution in [0.2, 0.25) is 0 Å². The summed E-state index contributed by atoms with van der Waals surface area (Å²) in [6.07, 6.45) is 0.285. The molecule has 110 valence electrons. The first-order valence-electron chi connectivity index (χ1n) is 6.03. The van der Waals surface area contributed by atoms with Gasteiger partial charge in [-0.3, -0.25) is 4.79 Å². The van der Waals surface area contributed by atoms with E-state index < -0.39 is 25.9 Å². The molecular formula is C12H15NO5S2. The van der Waals surface area contributed by atoms with E-state index in [1.165, 1.54) is 31.2 Å². The maximum absolute atomic E-state index is 12.1. The molecule has 1 atom stereocenters. The number of sulfone groups is 1. The Labute approximate surface area is 118 Å². The molecule has 1 saturated heterocycles. The second kappa shape index (κ2) is 5.27. The Morgan fingerprint density at radius 3 is 2.30 bits per heavy atom. The molecule has 1 heterocycles. The van der Waals surface area contributed by atoms with Gasteiger partial charge in [0.25, 0.3) is 0 Å². The van der Waals surface area contributed by atoms with Crippen LogP contribution < -0.4 is 4.72 Å². The summed E-state index contributed by atoms with van der Waals surface area (Å²) in [5.41, 5.74) is 0.424. The van der Waals surface area contributed by atoms with Gasteiger partial charge in [0.15, 0.2) is 15.6 Å². The van der Waals surface area contributed by atoms with Crippen LogP contribution in [0.15, 0.2) is 29.2 Å². The molecule has 20 heavy (non-hydrogen) atoms. The monoisotopic (exact) mass is 317 g/mol. The van der Waals surface area contributed by atoms with Crippen LogP contribution in [0.25, 0.3) is 0 Å². The fourth-order valence-corrected chi connectivity index (χ4v) is 5.09. The Hall–Kier alpha value is -1.25. The number of sulfonamides is 1. The minimum Gasteiger partial charge on any atom is -0.295 e. The third-order valence-corrected chi connectivity index (χ3v) is 6.43. The lowest BCUT2D eigenvalue weighted by atomic mass is 10.2. The molecule has 0 unspecified atom stereocenters. The average Bonchev–Trinajstić information content (AvgIpc) is 2.68. The van der Waals surface area contributed by atoms with Crippen LogP contribution in [0.1, 0.15) is 23.7 Å². The third kappa shape index (κ3) is 3.44. The van der Waals surface area contributed by atoms with Crippen molar-refractivity contribution < 1.29 is 21.6 Å². The van der Waals surface area contributed by atoms with Crippen LogP contribution in [0.4, 0.5) is 0 Å². The van der Waals surface area contributed by atoms with Crippen molar-refractivity contribution in [1.29, 1.82) is 0 Å². The van der Waals surface area contributed by atoms with Crippen LogP contribution in [0, 0.1) is 0 Å². The Balaban J connectivity index is 2.16. The van der Waals surface area contributed by atoms with E-state index in [-0.39, 0.29) is 28.6 Å². The van der Waals surface area contributed by atoms with Crippen LogP contribution in [-0.2, 0) is 19.9 Å². The number of ketones is 1. The molecule has 1 N–H and O–H groups in total. The molecule has 2 rings (SSSR count). The highest BCUT2D eigenvalue weighted by Gasteiger charge is 2.31. The molecule has 1 aromatic rings. The number of benzene rings is 1. The van der Waals surface area contributed by atoms with Crippen LogP contribution in [0.5, 0.6) is 0 Å². The molecule has 0 saturated carbocycles. The highest BCUT2D eigenvalue weighted by molar-refractivity contribution is 7.92. The van der Waals surface area contributed by atoms with E-state index >= 15 is 0 Å². The van der Waals surface area contributed by atoms with Gasteiger partial charge < -0.3 is 0 Å². The van der Waals surface area contributed by atoms with Gasteiger partial charge in [0.1, 0.15) is 0 Å². The molecule has 1 aromatic carbocycles. The summed E-state index contributed by atoms with van der Waals surface area (Å²) < 4.78 is 49.2. The third-order valence-electron chi connectivity index (χ3n) is 3.13. The van der Waals surface area contributed by atoms with Crippen molar-refractivity contribution in [2.75, 3.05) is 11.5 Å². The molecule has 0 amide bonds. The molecular weight excluding hydrogens is 302 g/mol. The topological polar surface area (TPSA) is 97.4 Å². The smallest absolute Gasteiger partial charge is 0.240 e. The van der Waals surface area contributed by atoms with E-state index in [9.17, 15) is 21.6 Å². The maximum atomic E-state index is 12.1. The summed E-state index contributed by atoms with van der Waals surface area (Å²) in [5, 5.41) is 0. The number of hydrogen-bond donors (Lipinski definition) is 1. The van der Waals surface area contributed by atoms with E-state index in [0.29, 0.717) is 5.56 Å². The van der Waals surface area contributed by atoms with E-state index in [2.05, 4.69) is 4.72 Å². The average molecular weight is 317 g/mol. The van der Waals surface area contributed by atoms with Gasteiger partial charge in [0.05, 0.1) is 16.4 Å². The summed E-state index contributed by atoms with van der Waals surface area (Å²) in [6, 6.07) is 4.95. The Kier molecular flexibility index (Phi) is 3.99. The SMILES string of the molecule is CC(=O)c1ccc(S(=O)(=O)N[C@H]2CCS(=O)(=O)C2)cc1. The van der Waals surface area contributed by atoms with Crippen molar-refractivity contribution in [3.05, 3.63) is 29.8 Å². The van der Waals surface area contributed by atoms with Crippen molar-refractivity contribution >= 4 is 25.6 Å². The molecule has 0 radical (unpaired) electrons. The molecule has 1 fully saturated rings. The molecule has 6 nitrogen and oxygen atoms in total. The molecule has 1 aliphatic rings. The number of Topliss-reactive ketones (excluding diaryl/α,β-unsaturated/α-hetero) is 1. The summed E-state index contributed by atoms with van der Waals surface area (Å²) in [5.74, 6) is -0.315. The van der Waals surface area contributed by atoms with Gasteiger partial charge in [0.2, 0.25) is 10.0 Å². The van der Waals surface area contributed by atoms with Crippen LogP contribution in [-0.4, -0.2) is 40.2 Å². The first kappa shape index (κ1) is 15.1. The van der Waals surface area contributed by atoms with Gasteiger partial charge in [0, 0.05) is 11.6 Å². The fourth-order valence-electron chi connectivity index (χ4n) is 2.04. The largest absolute Gasteiger partial charge is 0.295 e. The highest BCUT2D eigenvalue weighted by atomic mass is 32.2. The van der Waals surface area contributed by atoms with Crippen molar-refractivity contribution in [2.24, 2.45) is 0 Å². The van der Waals surface area contributed by atoms with Gasteiger partial charge in [-0.15, -0.1) is 0 Å². The summed E-state index contributed by atoms with van der Waals surface area (Å²) in [4.78, 5) is 11.1. The van der Waals surface area contributed by atoms with Gasteiger partial charge in [-0.1, -0.05) is 12.1 Å². The van der Waals surface area contributed by atoms with Crippen LogP contribution >= 0.6 is 0 Å². The van der Waals surface area contributed by atoms with Gasteiger partial charge in [-0.2, -0.15) is 0 Å². The van der Waals surface area contributed by atoms with E-state index in [4.69, 9.17) is 0 Å². The zero-order valence-corrected chi connectivity index (χ0v) is 12.5. The Morgan fingerprint density at radius 2 is 1.85 bits per heavy atom. The molecule has 0 spiro atoms. The Bertz CT molecular complexity index is 720. The van der Waals surface area contributed by atoms with Crippen LogP contribution in [0.3, 0.4) is 0 Å². The van der Waals surface area contributed by atoms with Gasteiger partial charge in [-0.05, 0) is 25.5 Å². The molecule has 8 heteroatoms. The zero-order valence-electron chi connectivity index (χ0n) is 10.9. The first-order chi connectivity index (χ1) is 9.20. The standard InChI is InChI=1S/C12H15NO5S2/c1-9(14)10-2-4-12(5-3-10)20(17,18)13-11-6-7-19(15,16)8-11/h2-5,11,13H,6-8H2,1H3/t11-/m0/s1. The highest BCUT2D eigenvalue weighted by Crippen LogP contribution is 2.16. The fraction of sp³-hybridized carbons (Fsp3) is 0.417. The predicted molar refractivity (Wildman–Crippen MR) is 73.8 cm³/mol. The number of carbonyl (C=O) groups excluding carboxylic acids is 1. The second-order valence-electron chi connectivity index (χ2n) is 4.80. The van der Waals surface area contributed by atoms with Gasteiger partial charge in [-0.25, -0.2) is 21.6 Å². The molecule has 0 bridgehead atoms. The predicted octanol–water partition coefficient (Wildman–Crippen LogP) is 0.355. The van der Waals surface area contributed by atoms with Crippen molar-refractivity contribution in [3.63, 3.8) is 0 Å². The number of carbonyl (C=O) groups is 1. The normalized spacial score (nSPS) is 21.8. The summed E-state index contributed by atoms with van der Waals surface area (Å²) in [6.45, 7) is 1.39. The van der Waals surface area contributed by atoms with Gasteiger partial charge >= 0.3 is 0 Å². The van der Waals surface area contributed by atoms with E-state index in [1.54, 1.807) is 0 Å². The molecule has 0 aromatic heterocycles. The van der Waals surface area contributed by atoms with Crippen molar-refractivity contribution in [1.82, 2.24) is 4.72 Å². The van der Waals surface area contributed by atoms with Crippen molar-refractivity contribution in [2.45, 2.75) is 24.3 Å². The maximum Gasteiger partial charge on any atom is 0.240 e. The lowest BCUT2D eigenvalue weighted by Crippen LogP contribution is -2.35. The van der Waals surface area contributed by atoms with E-state index in [1.807, 2.05) is 0 Å². The molecule has 1 aliphatic heterocycles. The van der Waals surface area contributed by atoms with E-state index in [0.717, 1.165) is 0 Å². The number of rotatable bonds is 4. The lowest BCUT2D eigenvalue weighted by molar-refractivity contribution is 0.101. The number of nitrogens with one attached hydrogen (secondary N) is 1. The first-order valence-corrected chi connectivity index (χ1v) is 9.34. The second-order valence-corrected chi connectivity index (χ2v) is 8.74. The zero-order chi connectivity index (χ0) is 15.0. The lowest BCUT2D eigenvalue weighted by Gasteiger charge is -2.11. The summed E-state index contributed by atoms with van der Waals surface area (Å²) >= 11 is 0. The quantitative estimate of drug-likeness (QED) is 0.808. The summed E-state index contributed by atoms with van der Waals surface area (Å²) in [7, 11) is -6.90. The Morgan fingerprint density at radius 1 is 1.25 bits per heavy atom. The van der Waals surface area contributed by atoms with Crippen molar-refractivity contribution in [3.8, 4) is 0 Å². The molecule has 0 aliphatic carbocycles.